The third-order valence-electron chi connectivity index (χ3n) is 3.01. The molecular formula is C12H14N2OS2. The van der Waals surface area contributed by atoms with Gasteiger partial charge in [0.05, 0.1) is 11.7 Å². The molecule has 0 spiro atoms. The molecule has 1 amide bonds. The summed E-state index contributed by atoms with van der Waals surface area (Å²) in [5.41, 5.74) is 1.08. The number of nitrogens with zero attached hydrogens (tertiary/aromatic N) is 1. The van der Waals surface area contributed by atoms with Crippen LogP contribution in [0.25, 0.3) is 0 Å². The number of anilines is 1. The van der Waals surface area contributed by atoms with Gasteiger partial charge in [0.2, 0.25) is 5.91 Å². The molecule has 2 aliphatic heterocycles. The van der Waals surface area contributed by atoms with E-state index in [4.69, 9.17) is 0 Å². The van der Waals surface area contributed by atoms with Crippen LogP contribution in [0.3, 0.4) is 0 Å². The van der Waals surface area contributed by atoms with Gasteiger partial charge in [-0.1, -0.05) is 12.1 Å². The summed E-state index contributed by atoms with van der Waals surface area (Å²) in [4.78, 5) is 15.6. The molecule has 17 heavy (non-hydrogen) atoms. The van der Waals surface area contributed by atoms with Gasteiger partial charge in [-0.05, 0) is 12.1 Å². The fourth-order valence-corrected chi connectivity index (χ4v) is 4.07. The van der Waals surface area contributed by atoms with Crippen LogP contribution in [0.5, 0.6) is 0 Å². The largest absolute Gasteiger partial charge is 0.309 e. The van der Waals surface area contributed by atoms with Crippen molar-refractivity contribution in [3.05, 3.63) is 24.3 Å². The highest BCUT2D eigenvalue weighted by Gasteiger charge is 2.30. The van der Waals surface area contributed by atoms with Gasteiger partial charge in [-0.25, -0.2) is 0 Å². The maximum Gasteiger partial charge on any atom is 0.245 e. The van der Waals surface area contributed by atoms with Crippen molar-refractivity contribution < 1.29 is 4.79 Å². The number of hydrogen-bond acceptors (Lipinski definition) is 4. The number of benzene rings is 1. The molecule has 0 bridgehead atoms. The van der Waals surface area contributed by atoms with Gasteiger partial charge >= 0.3 is 0 Å². The van der Waals surface area contributed by atoms with Gasteiger partial charge < -0.3 is 4.90 Å². The smallest absolute Gasteiger partial charge is 0.245 e. The van der Waals surface area contributed by atoms with Gasteiger partial charge in [-0.2, -0.15) is 0 Å². The molecule has 1 N–H and O–H groups in total. The van der Waals surface area contributed by atoms with Gasteiger partial charge in [0.1, 0.15) is 0 Å². The molecule has 0 saturated carbocycles. The van der Waals surface area contributed by atoms with Crippen LogP contribution in [-0.4, -0.2) is 35.9 Å². The van der Waals surface area contributed by atoms with Crippen molar-refractivity contribution in [2.75, 3.05) is 28.8 Å². The first-order chi connectivity index (χ1) is 8.36. The van der Waals surface area contributed by atoms with Crippen LogP contribution in [0.1, 0.15) is 0 Å². The second kappa shape index (κ2) is 4.92. The molecular weight excluding hydrogens is 252 g/mol. The number of rotatable bonds is 1. The zero-order valence-corrected chi connectivity index (χ0v) is 11.0. The Morgan fingerprint density at radius 2 is 2.29 bits per heavy atom. The third-order valence-corrected chi connectivity index (χ3v) is 4.99. The fraction of sp³-hybridized carbons (Fsp3) is 0.417. The minimum atomic E-state index is -0.00356. The van der Waals surface area contributed by atoms with Crippen molar-refractivity contribution in [1.29, 1.82) is 0 Å². The van der Waals surface area contributed by atoms with Crippen LogP contribution >= 0.6 is 23.5 Å². The van der Waals surface area contributed by atoms with Crippen LogP contribution in [0.15, 0.2) is 29.2 Å². The number of thioether (sulfide) groups is 2. The highest BCUT2D eigenvalue weighted by Crippen LogP contribution is 2.34. The van der Waals surface area contributed by atoms with E-state index < -0.39 is 0 Å². The number of amides is 1. The average Bonchev–Trinajstić information content (AvgIpc) is 2.91. The molecule has 2 aliphatic rings. The molecule has 0 aliphatic carbocycles. The molecule has 5 heteroatoms. The number of para-hydroxylation sites is 1. The molecule has 0 aromatic heterocycles. The molecule has 1 unspecified atom stereocenters. The predicted molar refractivity (Wildman–Crippen MR) is 73.8 cm³/mol. The van der Waals surface area contributed by atoms with E-state index in [1.165, 1.54) is 4.90 Å². The van der Waals surface area contributed by atoms with Crippen molar-refractivity contribution in [2.24, 2.45) is 0 Å². The van der Waals surface area contributed by atoms with Crippen molar-refractivity contribution in [3.8, 4) is 0 Å². The Morgan fingerprint density at radius 3 is 3.12 bits per heavy atom. The Kier molecular flexibility index (Phi) is 3.31. The number of carbonyl (C=O) groups is 1. The van der Waals surface area contributed by atoms with Gasteiger partial charge in [0, 0.05) is 28.8 Å². The Labute approximate surface area is 109 Å². The summed E-state index contributed by atoms with van der Waals surface area (Å²) >= 11 is 3.62. The molecule has 0 radical (unpaired) electrons. The number of nitrogens with one attached hydrogen (secondary N) is 1. The van der Waals surface area contributed by atoms with Gasteiger partial charge in [0.15, 0.2) is 0 Å². The van der Waals surface area contributed by atoms with Crippen LogP contribution in [0.2, 0.25) is 0 Å². The second-order valence-corrected chi connectivity index (χ2v) is 6.24. The highest BCUT2D eigenvalue weighted by atomic mass is 32.2. The summed E-state index contributed by atoms with van der Waals surface area (Å²) in [5.74, 6) is 3.00. The lowest BCUT2D eigenvalue weighted by Gasteiger charge is -2.30. The normalized spacial score (nSPS) is 23.5. The minimum absolute atomic E-state index is 0.00356. The molecule has 1 aromatic carbocycles. The lowest BCUT2D eigenvalue weighted by atomic mass is 10.2. The third kappa shape index (κ3) is 2.19. The molecule has 3 nitrogen and oxygen atoms in total. The molecule has 90 valence electrons. The van der Waals surface area contributed by atoms with Crippen molar-refractivity contribution in [3.63, 3.8) is 0 Å². The summed E-state index contributed by atoms with van der Waals surface area (Å²) < 4.78 is 0. The first-order valence-corrected chi connectivity index (χ1v) is 7.84. The first kappa shape index (κ1) is 11.4. The number of hydrogen-bond donors (Lipinski definition) is 1. The lowest BCUT2D eigenvalue weighted by Crippen LogP contribution is -2.47. The zero-order chi connectivity index (χ0) is 11.7. The fourth-order valence-electron chi connectivity index (χ4n) is 2.14. The summed E-state index contributed by atoms with van der Waals surface area (Å²) in [7, 11) is 0. The number of fused-ring (bicyclic) bond motifs is 1. The summed E-state index contributed by atoms with van der Waals surface area (Å²) in [6, 6.07) is 8.17. The highest BCUT2D eigenvalue weighted by molar-refractivity contribution is 7.99. The predicted octanol–water partition coefficient (Wildman–Crippen LogP) is 1.79. The van der Waals surface area contributed by atoms with Gasteiger partial charge in [0.25, 0.3) is 0 Å². The van der Waals surface area contributed by atoms with E-state index in [1.807, 2.05) is 34.9 Å². The van der Waals surface area contributed by atoms with E-state index >= 15 is 0 Å². The first-order valence-electron chi connectivity index (χ1n) is 5.70. The molecule has 2 heterocycles. The Balaban J connectivity index is 1.86. The summed E-state index contributed by atoms with van der Waals surface area (Å²) in [6.45, 7) is 0.823. The second-order valence-electron chi connectivity index (χ2n) is 4.08. The van der Waals surface area contributed by atoms with Crippen LogP contribution in [0.4, 0.5) is 5.69 Å². The molecule has 1 atom stereocenters. The molecule has 1 saturated heterocycles. The maximum atomic E-state index is 12.4. The maximum absolute atomic E-state index is 12.4. The Morgan fingerprint density at radius 1 is 1.41 bits per heavy atom. The average molecular weight is 266 g/mol. The summed E-state index contributed by atoms with van der Waals surface area (Å²) in [5, 5.41) is 3.25. The van der Waals surface area contributed by atoms with E-state index in [0.717, 1.165) is 29.6 Å². The van der Waals surface area contributed by atoms with Crippen molar-refractivity contribution >= 4 is 35.1 Å². The summed E-state index contributed by atoms with van der Waals surface area (Å²) in [6.07, 6.45) is 0. The standard InChI is InChI=1S/C12H14N2OS2/c15-12(9-7-16-8-13-9)14-5-6-17-11-4-2-1-3-10(11)14/h1-4,9,13H,5-8H2. The Bertz CT molecular complexity index is 432. The van der Waals surface area contributed by atoms with Crippen molar-refractivity contribution in [2.45, 2.75) is 10.9 Å². The topological polar surface area (TPSA) is 32.3 Å². The van der Waals surface area contributed by atoms with E-state index in [1.54, 1.807) is 11.8 Å². The van der Waals surface area contributed by atoms with E-state index in [-0.39, 0.29) is 11.9 Å². The van der Waals surface area contributed by atoms with E-state index in [9.17, 15) is 4.79 Å². The molecule has 3 rings (SSSR count). The quantitative estimate of drug-likeness (QED) is 0.840. The monoisotopic (exact) mass is 266 g/mol. The van der Waals surface area contributed by atoms with E-state index in [2.05, 4.69) is 11.4 Å². The molecule has 1 fully saturated rings. The number of carbonyl (C=O) groups excluding carboxylic acids is 1. The van der Waals surface area contributed by atoms with Crippen LogP contribution in [0, 0.1) is 0 Å². The van der Waals surface area contributed by atoms with Crippen LogP contribution in [-0.2, 0) is 4.79 Å². The van der Waals surface area contributed by atoms with Gasteiger partial charge in [-0.15, -0.1) is 23.5 Å². The molecule has 1 aromatic rings. The zero-order valence-electron chi connectivity index (χ0n) is 9.39. The minimum Gasteiger partial charge on any atom is -0.309 e. The van der Waals surface area contributed by atoms with E-state index in [0.29, 0.717) is 0 Å². The van der Waals surface area contributed by atoms with Gasteiger partial charge in [-0.3, -0.25) is 10.1 Å². The Hall–Kier alpha value is -0.650. The SMILES string of the molecule is O=C(C1CSCN1)N1CCSc2ccccc21. The van der Waals surface area contributed by atoms with Crippen molar-refractivity contribution in [1.82, 2.24) is 5.32 Å². The van der Waals surface area contributed by atoms with Crippen LogP contribution < -0.4 is 10.2 Å². The lowest BCUT2D eigenvalue weighted by molar-refractivity contribution is -0.119.